The molecule has 1 saturated carbocycles. The molecule has 0 atom stereocenters. The molecule has 0 spiro atoms. The van der Waals surface area contributed by atoms with Crippen LogP contribution in [0.1, 0.15) is 31.2 Å². The van der Waals surface area contributed by atoms with Crippen LogP contribution in [0.5, 0.6) is 11.5 Å². The van der Waals surface area contributed by atoms with Crippen molar-refractivity contribution in [1.82, 2.24) is 10.2 Å². The first-order chi connectivity index (χ1) is 11.7. The number of piperidine rings is 1. The first-order valence-electron chi connectivity index (χ1n) is 8.80. The lowest BCUT2D eigenvalue weighted by Crippen LogP contribution is -2.40. The third-order valence-electron chi connectivity index (χ3n) is 4.99. The fraction of sp³-hybridized carbons (Fsp3) is 0.611. The van der Waals surface area contributed by atoms with Gasteiger partial charge in [-0.1, -0.05) is 15.9 Å². The van der Waals surface area contributed by atoms with E-state index in [2.05, 4.69) is 32.2 Å². The van der Waals surface area contributed by atoms with Gasteiger partial charge in [-0.2, -0.15) is 0 Å². The predicted octanol–water partition coefficient (Wildman–Crippen LogP) is 2.71. The molecule has 1 saturated heterocycles. The minimum absolute atomic E-state index is 0.186. The molecule has 5 nitrogen and oxygen atoms in total. The summed E-state index contributed by atoms with van der Waals surface area (Å²) in [6.07, 6.45) is 4.20. The summed E-state index contributed by atoms with van der Waals surface area (Å²) in [7, 11) is 0. The van der Waals surface area contributed by atoms with Crippen LogP contribution >= 0.6 is 15.9 Å². The molecule has 6 heteroatoms. The molecular formula is C18H23BrN2O3. The van der Waals surface area contributed by atoms with Crippen molar-refractivity contribution >= 4 is 21.8 Å². The van der Waals surface area contributed by atoms with E-state index in [0.29, 0.717) is 19.3 Å². The number of likely N-dealkylation sites (tertiary alicyclic amines) is 1. The van der Waals surface area contributed by atoms with Crippen LogP contribution in [0.25, 0.3) is 0 Å². The monoisotopic (exact) mass is 394 g/mol. The summed E-state index contributed by atoms with van der Waals surface area (Å²) in [5.41, 5.74) is 1.21. The lowest BCUT2D eigenvalue weighted by Gasteiger charge is -2.32. The maximum atomic E-state index is 12.2. The molecule has 1 amide bonds. The molecule has 1 N–H and O–H groups in total. The fourth-order valence-electron chi connectivity index (χ4n) is 3.37. The van der Waals surface area contributed by atoms with Crippen LogP contribution in [0.3, 0.4) is 0 Å². The first-order valence-corrected chi connectivity index (χ1v) is 9.59. The van der Waals surface area contributed by atoms with Gasteiger partial charge in [-0.25, -0.2) is 0 Å². The second-order valence-electron chi connectivity index (χ2n) is 6.92. The van der Waals surface area contributed by atoms with E-state index in [1.807, 2.05) is 6.07 Å². The van der Waals surface area contributed by atoms with E-state index in [4.69, 9.17) is 9.47 Å². The lowest BCUT2D eigenvalue weighted by atomic mass is 9.95. The van der Waals surface area contributed by atoms with E-state index < -0.39 is 0 Å². The number of ether oxygens (including phenoxy) is 2. The molecule has 0 bridgehead atoms. The van der Waals surface area contributed by atoms with Gasteiger partial charge in [0, 0.05) is 23.0 Å². The zero-order valence-corrected chi connectivity index (χ0v) is 15.3. The van der Waals surface area contributed by atoms with E-state index in [9.17, 15) is 4.79 Å². The van der Waals surface area contributed by atoms with Crippen LogP contribution < -0.4 is 14.8 Å². The number of carbonyl (C=O) groups excluding carboxylic acids is 1. The third-order valence-corrected chi connectivity index (χ3v) is 5.73. The Morgan fingerprint density at radius 3 is 2.46 bits per heavy atom. The Labute approximate surface area is 150 Å². The van der Waals surface area contributed by atoms with Crippen molar-refractivity contribution in [2.75, 3.05) is 26.3 Å². The Morgan fingerprint density at radius 1 is 1.12 bits per heavy atom. The predicted molar refractivity (Wildman–Crippen MR) is 94.3 cm³/mol. The molecule has 1 aliphatic carbocycles. The summed E-state index contributed by atoms with van der Waals surface area (Å²) in [4.78, 5) is 14.6. The molecule has 24 heavy (non-hydrogen) atoms. The van der Waals surface area contributed by atoms with Crippen molar-refractivity contribution < 1.29 is 14.3 Å². The third kappa shape index (κ3) is 3.70. The van der Waals surface area contributed by atoms with Crippen molar-refractivity contribution in [3.05, 3.63) is 22.2 Å². The summed E-state index contributed by atoms with van der Waals surface area (Å²) in [5.74, 6) is 2.09. The van der Waals surface area contributed by atoms with Gasteiger partial charge in [0.15, 0.2) is 11.5 Å². The molecule has 0 unspecified atom stereocenters. The van der Waals surface area contributed by atoms with Crippen molar-refractivity contribution in [3.8, 4) is 11.5 Å². The van der Waals surface area contributed by atoms with Crippen LogP contribution in [0.2, 0.25) is 0 Å². The van der Waals surface area contributed by atoms with Gasteiger partial charge in [0.2, 0.25) is 5.91 Å². The Bertz CT molecular complexity index is 625. The van der Waals surface area contributed by atoms with Gasteiger partial charge >= 0.3 is 0 Å². The molecule has 0 aromatic heterocycles. The number of rotatable bonds is 4. The highest BCUT2D eigenvalue weighted by molar-refractivity contribution is 9.10. The normalized spacial score (nSPS) is 21.5. The number of amides is 1. The summed E-state index contributed by atoms with van der Waals surface area (Å²) in [6, 6.07) is 4.54. The van der Waals surface area contributed by atoms with Crippen LogP contribution in [0, 0.1) is 5.92 Å². The van der Waals surface area contributed by atoms with Crippen molar-refractivity contribution in [2.45, 2.75) is 38.3 Å². The van der Waals surface area contributed by atoms with E-state index >= 15 is 0 Å². The van der Waals surface area contributed by atoms with Crippen LogP contribution in [-0.2, 0) is 11.3 Å². The molecule has 3 aliphatic rings. The van der Waals surface area contributed by atoms with Crippen molar-refractivity contribution in [2.24, 2.45) is 5.92 Å². The topological polar surface area (TPSA) is 50.8 Å². The van der Waals surface area contributed by atoms with Gasteiger partial charge in [-0.15, -0.1) is 0 Å². The average molecular weight is 395 g/mol. The molecule has 1 aromatic rings. The van der Waals surface area contributed by atoms with Gasteiger partial charge in [0.25, 0.3) is 0 Å². The van der Waals surface area contributed by atoms with Crippen LogP contribution in [0.4, 0.5) is 0 Å². The number of carbonyl (C=O) groups is 1. The number of halogens is 1. The number of fused-ring (bicyclic) bond motifs is 1. The number of hydrogen-bond acceptors (Lipinski definition) is 4. The largest absolute Gasteiger partial charge is 0.486 e. The Hall–Kier alpha value is -1.27. The molecule has 2 heterocycles. The quantitative estimate of drug-likeness (QED) is 0.852. The Balaban J connectivity index is 1.34. The molecule has 0 radical (unpaired) electrons. The minimum atomic E-state index is 0.186. The zero-order valence-electron chi connectivity index (χ0n) is 13.7. The van der Waals surface area contributed by atoms with Gasteiger partial charge < -0.3 is 14.8 Å². The second kappa shape index (κ2) is 6.92. The SMILES string of the molecule is O=C(NC1CC1)C1CCN(Cc2cc3c(cc2Br)OCCO3)CC1. The highest BCUT2D eigenvalue weighted by atomic mass is 79.9. The standard InChI is InChI=1S/C18H23BrN2O3/c19-15-10-17-16(23-7-8-24-17)9-13(15)11-21-5-3-12(4-6-21)18(22)20-14-1-2-14/h9-10,12,14H,1-8,11H2,(H,20,22). The highest BCUT2D eigenvalue weighted by Crippen LogP contribution is 2.36. The maximum absolute atomic E-state index is 12.2. The van der Waals surface area contributed by atoms with Gasteiger partial charge in [-0.05, 0) is 56.5 Å². The molecule has 2 fully saturated rings. The molecule has 130 valence electrons. The highest BCUT2D eigenvalue weighted by Gasteiger charge is 2.30. The number of nitrogens with zero attached hydrogens (tertiary/aromatic N) is 1. The van der Waals surface area contributed by atoms with Crippen LogP contribution in [0.15, 0.2) is 16.6 Å². The molecule has 1 aromatic carbocycles. The van der Waals surface area contributed by atoms with E-state index in [1.165, 1.54) is 5.56 Å². The van der Waals surface area contributed by atoms with E-state index in [0.717, 1.165) is 61.3 Å². The summed E-state index contributed by atoms with van der Waals surface area (Å²) in [6.45, 7) is 4.01. The van der Waals surface area contributed by atoms with E-state index in [-0.39, 0.29) is 11.8 Å². The van der Waals surface area contributed by atoms with Crippen LogP contribution in [-0.4, -0.2) is 43.2 Å². The van der Waals surface area contributed by atoms with Gasteiger partial charge in [0.05, 0.1) is 0 Å². The smallest absolute Gasteiger partial charge is 0.223 e. The minimum Gasteiger partial charge on any atom is -0.486 e. The first kappa shape index (κ1) is 16.2. The van der Waals surface area contributed by atoms with Gasteiger partial charge in [-0.3, -0.25) is 9.69 Å². The van der Waals surface area contributed by atoms with Gasteiger partial charge in [0.1, 0.15) is 13.2 Å². The van der Waals surface area contributed by atoms with E-state index in [1.54, 1.807) is 0 Å². The summed E-state index contributed by atoms with van der Waals surface area (Å²) in [5, 5.41) is 3.14. The average Bonchev–Trinajstić information content (AvgIpc) is 3.40. The molecule has 2 aliphatic heterocycles. The molecular weight excluding hydrogens is 372 g/mol. The number of benzene rings is 1. The Morgan fingerprint density at radius 2 is 1.79 bits per heavy atom. The number of hydrogen-bond donors (Lipinski definition) is 1. The fourth-order valence-corrected chi connectivity index (χ4v) is 3.82. The maximum Gasteiger partial charge on any atom is 0.223 e. The van der Waals surface area contributed by atoms with Crippen molar-refractivity contribution in [3.63, 3.8) is 0 Å². The second-order valence-corrected chi connectivity index (χ2v) is 7.77. The summed E-state index contributed by atoms with van der Waals surface area (Å²) >= 11 is 3.65. The zero-order chi connectivity index (χ0) is 16.5. The lowest BCUT2D eigenvalue weighted by molar-refractivity contribution is -0.126. The molecule has 4 rings (SSSR count). The van der Waals surface area contributed by atoms with Crippen molar-refractivity contribution in [1.29, 1.82) is 0 Å². The summed E-state index contributed by atoms with van der Waals surface area (Å²) < 4.78 is 12.4. The number of nitrogens with one attached hydrogen (secondary N) is 1. The Kier molecular flexibility index (Phi) is 4.68.